The lowest BCUT2D eigenvalue weighted by Gasteiger charge is -2.40. The molecule has 1 aliphatic carbocycles. The molecule has 9 heteroatoms. The Morgan fingerprint density at radius 3 is 2.29 bits per heavy atom. The molecular weight excluding hydrogens is 457 g/mol. The van der Waals surface area contributed by atoms with Gasteiger partial charge < -0.3 is 0 Å². The van der Waals surface area contributed by atoms with E-state index >= 15 is 0 Å². The van der Waals surface area contributed by atoms with E-state index in [0.717, 1.165) is 27.8 Å². The summed E-state index contributed by atoms with van der Waals surface area (Å²) in [6, 6.07) is 8.60. The Balaban J connectivity index is 1.90. The van der Waals surface area contributed by atoms with Crippen molar-refractivity contribution in [2.24, 2.45) is 0 Å². The standard InChI is InChI=1S/C15H12BrCl2NO3S2/c16-10-4-2-9(3-5-10)15(6-1-7-15)14(20)19-24(21,22)11-8-12(17)23-13(11)18/h2-5,8H,1,6-7H2,(H,19,20). The molecule has 1 aromatic heterocycles. The number of thiophene rings is 1. The first-order valence-electron chi connectivity index (χ1n) is 7.03. The number of hydrogen-bond acceptors (Lipinski definition) is 4. The molecule has 0 spiro atoms. The van der Waals surface area contributed by atoms with E-state index in [0.29, 0.717) is 12.8 Å². The van der Waals surface area contributed by atoms with E-state index in [1.165, 1.54) is 6.07 Å². The summed E-state index contributed by atoms with van der Waals surface area (Å²) in [7, 11) is -4.06. The number of halogens is 3. The summed E-state index contributed by atoms with van der Waals surface area (Å²) in [5.74, 6) is -0.533. The van der Waals surface area contributed by atoms with E-state index in [-0.39, 0.29) is 13.6 Å². The Kier molecular flexibility index (Phi) is 5.01. The van der Waals surface area contributed by atoms with Crippen LogP contribution in [-0.4, -0.2) is 14.3 Å². The minimum Gasteiger partial charge on any atom is -0.273 e. The molecule has 0 aliphatic heterocycles. The van der Waals surface area contributed by atoms with Gasteiger partial charge in [-0.2, -0.15) is 0 Å². The summed E-state index contributed by atoms with van der Waals surface area (Å²) >= 11 is 16.0. The first-order valence-corrected chi connectivity index (χ1v) is 10.9. The van der Waals surface area contributed by atoms with Gasteiger partial charge in [0.2, 0.25) is 5.91 Å². The Bertz CT molecular complexity index is 890. The van der Waals surface area contributed by atoms with Crippen LogP contribution in [0, 0.1) is 0 Å². The van der Waals surface area contributed by atoms with Crippen LogP contribution < -0.4 is 4.72 Å². The smallest absolute Gasteiger partial charge is 0.266 e. The van der Waals surface area contributed by atoms with Crippen LogP contribution in [0.4, 0.5) is 0 Å². The molecule has 24 heavy (non-hydrogen) atoms. The molecule has 3 rings (SSSR count). The lowest BCUT2D eigenvalue weighted by Crippen LogP contribution is -2.50. The lowest BCUT2D eigenvalue weighted by atomic mass is 9.64. The van der Waals surface area contributed by atoms with Crippen LogP contribution in [0.1, 0.15) is 24.8 Å². The largest absolute Gasteiger partial charge is 0.273 e. The second kappa shape index (κ2) is 6.61. The molecule has 1 heterocycles. The average Bonchev–Trinajstić information content (AvgIpc) is 2.79. The fraction of sp³-hybridized carbons (Fsp3) is 0.267. The minimum atomic E-state index is -4.06. The number of benzene rings is 1. The van der Waals surface area contributed by atoms with Crippen LogP contribution in [0.3, 0.4) is 0 Å². The monoisotopic (exact) mass is 467 g/mol. The lowest BCUT2D eigenvalue weighted by molar-refractivity contribution is -0.128. The summed E-state index contributed by atoms with van der Waals surface area (Å²) in [4.78, 5) is 12.6. The maximum Gasteiger partial charge on any atom is 0.266 e. The van der Waals surface area contributed by atoms with Crippen LogP contribution in [0.25, 0.3) is 0 Å². The summed E-state index contributed by atoms with van der Waals surface area (Å²) in [6.45, 7) is 0. The molecule has 0 bridgehead atoms. The van der Waals surface area contributed by atoms with E-state index < -0.39 is 21.3 Å². The third-order valence-electron chi connectivity index (χ3n) is 4.18. The second-order valence-corrected chi connectivity index (χ2v) is 10.4. The van der Waals surface area contributed by atoms with Crippen LogP contribution in [-0.2, 0) is 20.2 Å². The zero-order valence-electron chi connectivity index (χ0n) is 12.2. The van der Waals surface area contributed by atoms with Gasteiger partial charge in [0.15, 0.2) is 0 Å². The van der Waals surface area contributed by atoms with Crippen molar-refractivity contribution in [3.8, 4) is 0 Å². The van der Waals surface area contributed by atoms with Crippen molar-refractivity contribution in [2.45, 2.75) is 29.6 Å². The number of carbonyl (C=O) groups excluding carboxylic acids is 1. The van der Waals surface area contributed by atoms with Crippen LogP contribution >= 0.6 is 50.5 Å². The molecule has 1 amide bonds. The summed E-state index contributed by atoms with van der Waals surface area (Å²) in [6.07, 6.45) is 2.08. The van der Waals surface area contributed by atoms with Crippen LogP contribution in [0.2, 0.25) is 8.67 Å². The van der Waals surface area contributed by atoms with Crippen molar-refractivity contribution in [3.05, 3.63) is 49.0 Å². The molecule has 0 unspecified atom stereocenters. The highest BCUT2D eigenvalue weighted by atomic mass is 79.9. The third kappa shape index (κ3) is 3.24. The number of hydrogen-bond donors (Lipinski definition) is 1. The molecule has 0 radical (unpaired) electrons. The molecule has 1 saturated carbocycles. The van der Waals surface area contributed by atoms with E-state index in [9.17, 15) is 13.2 Å². The first kappa shape index (κ1) is 18.2. The molecule has 1 aromatic carbocycles. The van der Waals surface area contributed by atoms with Crippen molar-refractivity contribution < 1.29 is 13.2 Å². The van der Waals surface area contributed by atoms with Gasteiger partial charge in [0.25, 0.3) is 10.0 Å². The molecule has 1 aliphatic rings. The van der Waals surface area contributed by atoms with Crippen LogP contribution in [0.15, 0.2) is 39.7 Å². The summed E-state index contributed by atoms with van der Waals surface area (Å²) < 4.78 is 28.3. The van der Waals surface area contributed by atoms with Crippen molar-refractivity contribution in [3.63, 3.8) is 0 Å². The van der Waals surface area contributed by atoms with Crippen LogP contribution in [0.5, 0.6) is 0 Å². The maximum absolute atomic E-state index is 12.8. The SMILES string of the molecule is O=C(NS(=O)(=O)c1cc(Cl)sc1Cl)C1(c2ccc(Br)cc2)CCC1. The predicted octanol–water partition coefficient (Wildman–Crippen LogP) is 4.74. The number of rotatable bonds is 4. The van der Waals surface area contributed by atoms with E-state index in [2.05, 4.69) is 20.7 Å². The number of sulfonamides is 1. The summed E-state index contributed by atoms with van der Waals surface area (Å²) in [5, 5.41) is 0. The Morgan fingerprint density at radius 1 is 1.21 bits per heavy atom. The highest BCUT2D eigenvalue weighted by molar-refractivity contribution is 9.10. The number of carbonyl (C=O) groups is 1. The Labute approximate surface area is 162 Å². The van der Waals surface area contributed by atoms with E-state index in [1.807, 2.05) is 24.3 Å². The molecule has 128 valence electrons. The van der Waals surface area contributed by atoms with Gasteiger partial charge in [-0.3, -0.25) is 4.79 Å². The van der Waals surface area contributed by atoms with E-state index in [4.69, 9.17) is 23.2 Å². The Morgan fingerprint density at radius 2 is 1.83 bits per heavy atom. The van der Waals surface area contributed by atoms with Crippen molar-refractivity contribution >= 4 is 66.4 Å². The molecule has 0 atom stereocenters. The van der Waals surface area contributed by atoms with E-state index in [1.54, 1.807) is 0 Å². The minimum absolute atomic E-state index is 0.0339. The Hall–Kier alpha value is -0.600. The van der Waals surface area contributed by atoms with Crippen molar-refractivity contribution in [1.29, 1.82) is 0 Å². The van der Waals surface area contributed by atoms with Gasteiger partial charge in [0.05, 0.1) is 9.75 Å². The normalized spacial score (nSPS) is 16.5. The van der Waals surface area contributed by atoms with Crippen molar-refractivity contribution in [1.82, 2.24) is 4.72 Å². The van der Waals surface area contributed by atoms with Gasteiger partial charge in [0, 0.05) is 4.47 Å². The molecule has 1 fully saturated rings. The highest BCUT2D eigenvalue weighted by Crippen LogP contribution is 2.44. The molecule has 1 N–H and O–H groups in total. The molecule has 0 saturated heterocycles. The highest BCUT2D eigenvalue weighted by Gasteiger charge is 2.47. The van der Waals surface area contributed by atoms with Gasteiger partial charge in [-0.15, -0.1) is 11.3 Å². The third-order valence-corrected chi connectivity index (χ3v) is 7.79. The second-order valence-electron chi connectivity index (χ2n) is 5.57. The molecule has 2 aromatic rings. The molecular formula is C15H12BrCl2NO3S2. The fourth-order valence-corrected chi connectivity index (χ4v) is 6.20. The van der Waals surface area contributed by atoms with Gasteiger partial charge in [-0.25, -0.2) is 13.1 Å². The predicted molar refractivity (Wildman–Crippen MR) is 99.3 cm³/mol. The topological polar surface area (TPSA) is 63.2 Å². The maximum atomic E-state index is 12.8. The number of nitrogens with one attached hydrogen (secondary N) is 1. The quantitative estimate of drug-likeness (QED) is 0.704. The zero-order chi connectivity index (χ0) is 17.5. The molecule has 4 nitrogen and oxygen atoms in total. The van der Waals surface area contributed by atoms with Crippen molar-refractivity contribution in [2.75, 3.05) is 0 Å². The average molecular weight is 469 g/mol. The summed E-state index contributed by atoms with van der Waals surface area (Å²) in [5.41, 5.74) is -0.0147. The van der Waals surface area contributed by atoms with Gasteiger partial charge in [0.1, 0.15) is 9.23 Å². The van der Waals surface area contributed by atoms with Gasteiger partial charge >= 0.3 is 0 Å². The van der Waals surface area contributed by atoms with Gasteiger partial charge in [-0.1, -0.05) is 57.7 Å². The first-order chi connectivity index (χ1) is 11.2. The zero-order valence-corrected chi connectivity index (χ0v) is 16.9. The number of amides is 1. The fourth-order valence-electron chi connectivity index (χ4n) is 2.73. The van der Waals surface area contributed by atoms with Gasteiger partial charge in [-0.05, 0) is 36.6 Å².